The zero-order valence-electron chi connectivity index (χ0n) is 19.0. The van der Waals surface area contributed by atoms with Crippen LogP contribution in [0.5, 0.6) is 0 Å². The van der Waals surface area contributed by atoms with Gasteiger partial charge in [-0.3, -0.25) is 4.57 Å². The molecule has 188 valence electrons. The second-order valence-electron chi connectivity index (χ2n) is 8.36. The van der Waals surface area contributed by atoms with E-state index in [0.717, 1.165) is 16.4 Å². The summed E-state index contributed by atoms with van der Waals surface area (Å²) in [5.74, 6) is -0.422. The van der Waals surface area contributed by atoms with E-state index in [2.05, 4.69) is 0 Å². The molecule has 35 heavy (non-hydrogen) atoms. The van der Waals surface area contributed by atoms with Gasteiger partial charge in [-0.1, -0.05) is 11.6 Å². The van der Waals surface area contributed by atoms with Crippen LogP contribution >= 0.6 is 11.6 Å². The van der Waals surface area contributed by atoms with E-state index in [-0.39, 0.29) is 15.8 Å². The molecular weight excluding hydrogens is 519 g/mol. The number of anilines is 1. The van der Waals surface area contributed by atoms with Gasteiger partial charge in [0.15, 0.2) is 0 Å². The molecular formula is C22H24ClFN4O5S2. The van der Waals surface area contributed by atoms with Crippen LogP contribution in [0.1, 0.15) is 18.9 Å². The molecule has 3 aromatic rings. The average Bonchev–Trinajstić information content (AvgIpc) is 3.21. The molecule has 0 amide bonds. The second-order valence-corrected chi connectivity index (χ2v) is 12.8. The fourth-order valence-corrected chi connectivity index (χ4v) is 6.35. The Kier molecular flexibility index (Phi) is 6.84. The van der Waals surface area contributed by atoms with Crippen LogP contribution in [0.3, 0.4) is 0 Å². The Bertz CT molecular complexity index is 1510. The van der Waals surface area contributed by atoms with Gasteiger partial charge in [0.2, 0.25) is 10.0 Å². The van der Waals surface area contributed by atoms with E-state index < -0.39 is 31.6 Å². The molecule has 13 heteroatoms. The van der Waals surface area contributed by atoms with Crippen LogP contribution in [0.2, 0.25) is 5.02 Å². The van der Waals surface area contributed by atoms with Gasteiger partial charge in [0.25, 0.3) is 10.0 Å². The number of aromatic nitrogens is 2. The third-order valence-electron chi connectivity index (χ3n) is 6.04. The molecule has 9 nitrogen and oxygen atoms in total. The first-order valence-electron chi connectivity index (χ1n) is 10.7. The molecule has 0 bridgehead atoms. The van der Waals surface area contributed by atoms with Gasteiger partial charge in [-0.15, -0.1) is 0 Å². The number of nitrogens with zero attached hydrogens (tertiary/aromatic N) is 4. The predicted molar refractivity (Wildman–Crippen MR) is 130 cm³/mol. The number of sulfonamides is 1. The SMILES string of the molecule is CN(C)S(=O)(=O)c1ccc(S(=O)(=O)n2ccn(C3CCN(c4ccc(Cl)cc4F)CC3)c2=O)cc1. The molecule has 2 aromatic carbocycles. The summed E-state index contributed by atoms with van der Waals surface area (Å²) in [6, 6.07) is 8.93. The topological polar surface area (TPSA) is 102 Å². The van der Waals surface area contributed by atoms with Crippen LogP contribution < -0.4 is 10.6 Å². The Morgan fingerprint density at radius 3 is 2.11 bits per heavy atom. The lowest BCUT2D eigenvalue weighted by Gasteiger charge is -2.34. The van der Waals surface area contributed by atoms with Gasteiger partial charge in [-0.2, -0.15) is 3.97 Å². The van der Waals surface area contributed by atoms with E-state index in [1.807, 2.05) is 4.90 Å². The predicted octanol–water partition coefficient (Wildman–Crippen LogP) is 2.77. The number of benzene rings is 2. The van der Waals surface area contributed by atoms with Gasteiger partial charge in [0, 0.05) is 50.6 Å². The molecule has 1 aliphatic rings. The third-order valence-corrected chi connectivity index (χ3v) is 9.77. The highest BCUT2D eigenvalue weighted by atomic mass is 35.5. The molecule has 0 saturated carbocycles. The number of hydrogen-bond donors (Lipinski definition) is 0. The zero-order valence-corrected chi connectivity index (χ0v) is 21.4. The Labute approximate surface area is 208 Å². The number of rotatable bonds is 6. The van der Waals surface area contributed by atoms with Crippen molar-refractivity contribution in [1.29, 1.82) is 0 Å². The smallest absolute Gasteiger partial charge is 0.342 e. The molecule has 1 aliphatic heterocycles. The minimum absolute atomic E-state index is 0.0600. The Balaban J connectivity index is 1.54. The standard InChI is InChI=1S/C22H24ClFN4O5S2/c1-25(2)34(30,31)18-4-6-19(7-5-18)35(32,33)28-14-13-27(22(28)29)17-9-11-26(12-10-17)21-8-3-16(23)15-20(21)24/h3-8,13-15,17H,9-12H2,1-2H3. The first-order valence-corrected chi connectivity index (χ1v) is 14.0. The molecule has 1 aromatic heterocycles. The average molecular weight is 543 g/mol. The summed E-state index contributed by atoms with van der Waals surface area (Å²) in [5.41, 5.74) is -0.286. The fraction of sp³-hybridized carbons (Fsp3) is 0.318. The van der Waals surface area contributed by atoms with Crippen LogP contribution in [-0.2, 0) is 20.0 Å². The summed E-state index contributed by atoms with van der Waals surface area (Å²) in [4.78, 5) is 14.6. The van der Waals surface area contributed by atoms with Gasteiger partial charge in [-0.25, -0.2) is 30.3 Å². The number of hydrogen-bond acceptors (Lipinski definition) is 6. The molecule has 0 N–H and O–H groups in total. The van der Waals surface area contributed by atoms with E-state index in [1.54, 1.807) is 12.1 Å². The van der Waals surface area contributed by atoms with E-state index >= 15 is 0 Å². The van der Waals surface area contributed by atoms with Crippen molar-refractivity contribution in [2.75, 3.05) is 32.1 Å². The molecule has 0 aliphatic carbocycles. The zero-order chi connectivity index (χ0) is 25.5. The van der Waals surface area contributed by atoms with Crippen molar-refractivity contribution in [3.05, 3.63) is 76.2 Å². The van der Waals surface area contributed by atoms with Crippen molar-refractivity contribution in [3.63, 3.8) is 0 Å². The molecule has 0 spiro atoms. The summed E-state index contributed by atoms with van der Waals surface area (Å²) in [5, 5.41) is 0.309. The maximum Gasteiger partial charge on any atom is 0.342 e. The van der Waals surface area contributed by atoms with Crippen LogP contribution in [0.25, 0.3) is 0 Å². The van der Waals surface area contributed by atoms with Crippen molar-refractivity contribution < 1.29 is 21.2 Å². The quantitative estimate of drug-likeness (QED) is 0.475. The highest BCUT2D eigenvalue weighted by Gasteiger charge is 2.27. The molecule has 4 rings (SSSR count). The highest BCUT2D eigenvalue weighted by Crippen LogP contribution is 2.29. The lowest BCUT2D eigenvalue weighted by Crippen LogP contribution is -2.38. The Morgan fingerprint density at radius 2 is 1.54 bits per heavy atom. The van der Waals surface area contributed by atoms with Gasteiger partial charge < -0.3 is 4.90 Å². The van der Waals surface area contributed by atoms with Gasteiger partial charge in [0.05, 0.1) is 15.5 Å². The Morgan fingerprint density at radius 1 is 0.943 bits per heavy atom. The minimum Gasteiger partial charge on any atom is -0.369 e. The summed E-state index contributed by atoms with van der Waals surface area (Å²) in [6.07, 6.45) is 3.65. The summed E-state index contributed by atoms with van der Waals surface area (Å²) in [6.45, 7) is 0.963. The molecule has 2 heterocycles. The largest absolute Gasteiger partial charge is 0.369 e. The van der Waals surface area contributed by atoms with Gasteiger partial charge >= 0.3 is 5.69 Å². The number of piperidine rings is 1. The molecule has 0 atom stereocenters. The number of imidazole rings is 1. The number of halogens is 2. The van der Waals surface area contributed by atoms with E-state index in [4.69, 9.17) is 11.6 Å². The monoisotopic (exact) mass is 542 g/mol. The van der Waals surface area contributed by atoms with Crippen LogP contribution in [0.4, 0.5) is 10.1 Å². The molecule has 0 unspecified atom stereocenters. The first-order chi connectivity index (χ1) is 16.4. The third kappa shape index (κ3) is 4.75. The van der Waals surface area contributed by atoms with Gasteiger partial charge in [0.1, 0.15) is 5.82 Å². The fourth-order valence-electron chi connectivity index (χ4n) is 4.07. The van der Waals surface area contributed by atoms with E-state index in [9.17, 15) is 26.0 Å². The molecule has 1 fully saturated rings. The van der Waals surface area contributed by atoms with Crippen LogP contribution in [0, 0.1) is 5.82 Å². The molecule has 1 saturated heterocycles. The highest BCUT2D eigenvalue weighted by molar-refractivity contribution is 7.90. The summed E-state index contributed by atoms with van der Waals surface area (Å²) >= 11 is 5.82. The first kappa shape index (κ1) is 25.4. The maximum atomic E-state index is 14.3. The van der Waals surface area contributed by atoms with Crippen molar-refractivity contribution in [3.8, 4) is 0 Å². The summed E-state index contributed by atoms with van der Waals surface area (Å²) < 4.78 is 67.9. The normalized spacial score (nSPS) is 15.6. The maximum absolute atomic E-state index is 14.3. The van der Waals surface area contributed by atoms with Crippen molar-refractivity contribution in [1.82, 2.24) is 12.8 Å². The minimum atomic E-state index is -4.23. The van der Waals surface area contributed by atoms with E-state index in [1.165, 1.54) is 49.3 Å². The van der Waals surface area contributed by atoms with Crippen molar-refractivity contribution in [2.45, 2.75) is 28.7 Å². The second kappa shape index (κ2) is 9.41. The van der Waals surface area contributed by atoms with Crippen molar-refractivity contribution in [2.24, 2.45) is 0 Å². The molecule has 0 radical (unpaired) electrons. The van der Waals surface area contributed by atoms with Crippen LogP contribution in [-0.4, -0.2) is 56.9 Å². The Hall–Kier alpha value is -2.67. The lowest BCUT2D eigenvalue weighted by atomic mass is 10.0. The van der Waals surface area contributed by atoms with Gasteiger partial charge in [-0.05, 0) is 55.3 Å². The van der Waals surface area contributed by atoms with E-state index in [0.29, 0.717) is 40.6 Å². The van der Waals surface area contributed by atoms with Crippen LogP contribution in [0.15, 0.2) is 69.4 Å². The summed E-state index contributed by atoms with van der Waals surface area (Å²) in [7, 11) is -5.20. The lowest BCUT2D eigenvalue weighted by molar-refractivity contribution is 0.385. The van der Waals surface area contributed by atoms with Crippen molar-refractivity contribution >= 4 is 37.3 Å².